The number of hydrogen-bond acceptors (Lipinski definition) is 2. The predicted octanol–water partition coefficient (Wildman–Crippen LogP) is 1.57. The van der Waals surface area contributed by atoms with Crippen LogP contribution in [-0.2, 0) is 30.2 Å². The largest absolute Gasteiger partial charge is 0.326 e. The third kappa shape index (κ3) is 11.6. The number of unbranched alkanes of at least 4 members (excludes halogenated alkanes) is 2. The minimum Gasteiger partial charge on any atom is -0.326 e. The van der Waals surface area contributed by atoms with Crippen LogP contribution in [0.15, 0.2) is 0 Å². The Hall–Kier alpha value is 0.838. The van der Waals surface area contributed by atoms with Crippen molar-refractivity contribution in [2.45, 2.75) is 26.2 Å². The van der Waals surface area contributed by atoms with Gasteiger partial charge in [0, 0.05) is 21.1 Å². The van der Waals surface area contributed by atoms with Crippen LogP contribution in [0.3, 0.4) is 0 Å². The SMILES string of the molecule is CCCCCO[PH](=O)O.[Mo]. The molecule has 0 fully saturated rings. The van der Waals surface area contributed by atoms with E-state index < -0.39 is 8.25 Å². The van der Waals surface area contributed by atoms with Crippen molar-refractivity contribution >= 4 is 8.25 Å². The Bertz CT molecular complexity index is 89.0. The minimum atomic E-state index is -2.67. The summed E-state index contributed by atoms with van der Waals surface area (Å²) in [6.45, 7) is 2.49. The Morgan fingerprint density at radius 2 is 2.10 bits per heavy atom. The van der Waals surface area contributed by atoms with E-state index in [1.165, 1.54) is 0 Å². The van der Waals surface area contributed by atoms with Crippen LogP contribution in [0.1, 0.15) is 26.2 Å². The summed E-state index contributed by atoms with van der Waals surface area (Å²) in [7, 11) is -2.67. The van der Waals surface area contributed by atoms with Crippen LogP contribution in [0.4, 0.5) is 0 Å². The fourth-order valence-corrected chi connectivity index (χ4v) is 0.830. The molecule has 0 aliphatic carbocycles. The molecule has 0 rings (SSSR count). The van der Waals surface area contributed by atoms with E-state index in [9.17, 15) is 4.57 Å². The van der Waals surface area contributed by atoms with E-state index in [-0.39, 0.29) is 21.1 Å². The first kappa shape index (κ1) is 13.4. The van der Waals surface area contributed by atoms with Crippen molar-refractivity contribution in [1.82, 2.24) is 0 Å². The smallest absolute Gasteiger partial charge is 0.316 e. The maximum absolute atomic E-state index is 9.93. The first-order valence-corrected chi connectivity index (χ1v) is 4.39. The van der Waals surface area contributed by atoms with Crippen LogP contribution in [0.5, 0.6) is 0 Å². The molecule has 1 unspecified atom stereocenters. The van der Waals surface area contributed by atoms with Crippen LogP contribution < -0.4 is 0 Å². The van der Waals surface area contributed by atoms with Crippen molar-refractivity contribution in [3.8, 4) is 0 Å². The summed E-state index contributed by atoms with van der Waals surface area (Å²) in [5.41, 5.74) is 0. The van der Waals surface area contributed by atoms with Gasteiger partial charge in [-0.2, -0.15) is 0 Å². The van der Waals surface area contributed by atoms with Gasteiger partial charge in [-0.3, -0.25) is 4.57 Å². The quantitative estimate of drug-likeness (QED) is 0.456. The molecule has 0 aliphatic rings. The summed E-state index contributed by atoms with van der Waals surface area (Å²) in [6, 6.07) is 0. The standard InChI is InChI=1S/C5H13O3P.Mo/c1-2-3-4-5-8-9(6)7;/h9H,2-5H2,1H3,(H,6,7);. The van der Waals surface area contributed by atoms with Crippen molar-refractivity contribution in [3.63, 3.8) is 0 Å². The zero-order valence-electron chi connectivity index (χ0n) is 6.00. The van der Waals surface area contributed by atoms with Gasteiger partial charge in [-0.1, -0.05) is 19.8 Å². The molecule has 10 heavy (non-hydrogen) atoms. The Balaban J connectivity index is 0. The molecule has 0 saturated heterocycles. The first-order valence-electron chi connectivity index (χ1n) is 3.13. The van der Waals surface area contributed by atoms with Gasteiger partial charge >= 0.3 is 8.25 Å². The molecule has 1 atom stereocenters. The molecule has 0 aromatic heterocycles. The average molecular weight is 248 g/mol. The maximum atomic E-state index is 9.93. The topological polar surface area (TPSA) is 46.5 Å². The Morgan fingerprint density at radius 1 is 1.50 bits per heavy atom. The molecule has 0 radical (unpaired) electrons. The van der Waals surface area contributed by atoms with Gasteiger partial charge in [0.05, 0.1) is 6.61 Å². The van der Waals surface area contributed by atoms with Gasteiger partial charge < -0.3 is 9.42 Å². The molecule has 0 amide bonds. The normalized spacial score (nSPS) is 12.2. The second-order valence-electron chi connectivity index (χ2n) is 1.82. The van der Waals surface area contributed by atoms with Gasteiger partial charge in [-0.05, 0) is 6.42 Å². The minimum absolute atomic E-state index is 0. The van der Waals surface area contributed by atoms with E-state index in [4.69, 9.17) is 4.89 Å². The summed E-state index contributed by atoms with van der Waals surface area (Å²) in [5, 5.41) is 0. The fourth-order valence-electron chi connectivity index (χ4n) is 0.512. The molecule has 1 N–H and O–H groups in total. The van der Waals surface area contributed by atoms with Crippen molar-refractivity contribution in [2.75, 3.05) is 6.61 Å². The van der Waals surface area contributed by atoms with Crippen LogP contribution >= 0.6 is 8.25 Å². The summed E-state index contributed by atoms with van der Waals surface area (Å²) in [4.78, 5) is 8.18. The van der Waals surface area contributed by atoms with E-state index >= 15 is 0 Å². The molecule has 0 aliphatic heterocycles. The molecule has 3 nitrogen and oxygen atoms in total. The second-order valence-corrected chi connectivity index (χ2v) is 2.64. The van der Waals surface area contributed by atoms with E-state index in [0.717, 1.165) is 19.3 Å². The molecular weight excluding hydrogens is 235 g/mol. The van der Waals surface area contributed by atoms with E-state index in [1.807, 2.05) is 0 Å². The Labute approximate surface area is 76.4 Å². The monoisotopic (exact) mass is 250 g/mol. The Morgan fingerprint density at radius 3 is 2.50 bits per heavy atom. The molecule has 5 heteroatoms. The summed E-state index contributed by atoms with van der Waals surface area (Å²) in [5.74, 6) is 0. The van der Waals surface area contributed by atoms with Crippen molar-refractivity contribution < 1.29 is 35.0 Å². The summed E-state index contributed by atoms with van der Waals surface area (Å²) >= 11 is 0. The predicted molar refractivity (Wildman–Crippen MR) is 36.7 cm³/mol. The van der Waals surface area contributed by atoms with Gasteiger partial charge in [-0.25, -0.2) is 0 Å². The maximum Gasteiger partial charge on any atom is 0.316 e. The molecule has 0 aromatic carbocycles. The van der Waals surface area contributed by atoms with E-state index in [1.54, 1.807) is 0 Å². The molecule has 0 saturated carbocycles. The first-order chi connectivity index (χ1) is 4.27. The zero-order valence-corrected chi connectivity index (χ0v) is 9.01. The molecule has 0 bridgehead atoms. The summed E-state index contributed by atoms with van der Waals surface area (Å²) < 4.78 is 14.4. The third-order valence-corrected chi connectivity index (χ3v) is 1.42. The van der Waals surface area contributed by atoms with Gasteiger partial charge in [0.15, 0.2) is 0 Å². The van der Waals surface area contributed by atoms with Crippen LogP contribution in [0.2, 0.25) is 0 Å². The summed E-state index contributed by atoms with van der Waals surface area (Å²) in [6.07, 6.45) is 3.05. The van der Waals surface area contributed by atoms with Gasteiger partial charge in [0.2, 0.25) is 0 Å². The van der Waals surface area contributed by atoms with Gasteiger partial charge in [0.25, 0.3) is 0 Å². The Kier molecular flexibility index (Phi) is 13.2. The molecule has 0 spiro atoms. The zero-order chi connectivity index (χ0) is 7.11. The van der Waals surface area contributed by atoms with Gasteiger partial charge in [-0.15, -0.1) is 0 Å². The molecular formula is C5H13MoO3P. The van der Waals surface area contributed by atoms with E-state index in [2.05, 4.69) is 11.4 Å². The van der Waals surface area contributed by atoms with Crippen molar-refractivity contribution in [3.05, 3.63) is 0 Å². The van der Waals surface area contributed by atoms with Crippen molar-refractivity contribution in [1.29, 1.82) is 0 Å². The number of rotatable bonds is 5. The van der Waals surface area contributed by atoms with Crippen LogP contribution in [0, 0.1) is 0 Å². The molecule has 0 aromatic rings. The van der Waals surface area contributed by atoms with Crippen molar-refractivity contribution in [2.24, 2.45) is 0 Å². The second kappa shape index (κ2) is 9.84. The third-order valence-electron chi connectivity index (χ3n) is 0.973. The molecule has 0 heterocycles. The van der Waals surface area contributed by atoms with Gasteiger partial charge in [0.1, 0.15) is 0 Å². The fraction of sp³-hybridized carbons (Fsp3) is 1.00. The van der Waals surface area contributed by atoms with E-state index in [0.29, 0.717) is 6.61 Å². The van der Waals surface area contributed by atoms with Crippen LogP contribution in [0.25, 0.3) is 0 Å². The average Bonchev–Trinajstić information content (AvgIpc) is 1.80. The van der Waals surface area contributed by atoms with Crippen LogP contribution in [-0.4, -0.2) is 11.5 Å². The number of hydrogen-bond donors (Lipinski definition) is 1. The molecule has 62 valence electrons.